The van der Waals surface area contributed by atoms with Gasteiger partial charge < -0.3 is 4.74 Å². The van der Waals surface area contributed by atoms with Gasteiger partial charge in [-0.05, 0) is 18.8 Å². The Morgan fingerprint density at radius 3 is 2.94 bits per heavy atom. The maximum Gasteiger partial charge on any atom is 0.147 e. The summed E-state index contributed by atoms with van der Waals surface area (Å²) in [6.45, 7) is 2.83. The fraction of sp³-hybridized carbons (Fsp3) is 0.667. The Balaban J connectivity index is 1.80. The standard InChI is InChI=1S/C12H17ClN2O/c1-9-3-2-4-11(5-9)16-8-10-6-15-12(13)7-14-10/h6-7,9,11H,2-5,8H2,1H3. The van der Waals surface area contributed by atoms with Crippen molar-refractivity contribution < 1.29 is 4.74 Å². The molecule has 2 atom stereocenters. The highest BCUT2D eigenvalue weighted by Crippen LogP contribution is 2.26. The van der Waals surface area contributed by atoms with Crippen LogP contribution in [0.5, 0.6) is 0 Å². The SMILES string of the molecule is CC1CCCC(OCc2cnc(Cl)cn2)C1. The van der Waals surface area contributed by atoms with Gasteiger partial charge >= 0.3 is 0 Å². The fourth-order valence-corrected chi connectivity index (χ4v) is 2.24. The third-order valence-electron chi connectivity index (χ3n) is 3.03. The van der Waals surface area contributed by atoms with Crippen molar-refractivity contribution >= 4 is 11.6 Å². The zero-order chi connectivity index (χ0) is 11.4. The summed E-state index contributed by atoms with van der Waals surface area (Å²) >= 11 is 5.67. The van der Waals surface area contributed by atoms with Gasteiger partial charge in [0.05, 0.1) is 30.8 Å². The van der Waals surface area contributed by atoms with Crippen LogP contribution in [-0.4, -0.2) is 16.1 Å². The van der Waals surface area contributed by atoms with Crippen LogP contribution in [0.4, 0.5) is 0 Å². The molecule has 1 aromatic rings. The molecule has 1 aliphatic rings. The molecule has 0 aliphatic heterocycles. The minimum Gasteiger partial charge on any atom is -0.372 e. The Kier molecular flexibility index (Phi) is 4.13. The molecule has 1 heterocycles. The molecule has 1 saturated carbocycles. The van der Waals surface area contributed by atoms with Gasteiger partial charge in [-0.25, -0.2) is 4.98 Å². The molecule has 1 aliphatic carbocycles. The number of nitrogens with zero attached hydrogens (tertiary/aromatic N) is 2. The van der Waals surface area contributed by atoms with Crippen molar-refractivity contribution in [2.75, 3.05) is 0 Å². The Morgan fingerprint density at radius 2 is 2.25 bits per heavy atom. The van der Waals surface area contributed by atoms with Crippen molar-refractivity contribution in [2.45, 2.75) is 45.3 Å². The summed E-state index contributed by atoms with van der Waals surface area (Å²) in [5, 5.41) is 0.426. The van der Waals surface area contributed by atoms with Crippen LogP contribution in [-0.2, 0) is 11.3 Å². The molecule has 4 heteroatoms. The summed E-state index contributed by atoms with van der Waals surface area (Å²) in [7, 11) is 0. The predicted molar refractivity (Wildman–Crippen MR) is 63.3 cm³/mol. The average Bonchev–Trinajstić information content (AvgIpc) is 2.28. The summed E-state index contributed by atoms with van der Waals surface area (Å²) in [6, 6.07) is 0. The van der Waals surface area contributed by atoms with Crippen LogP contribution in [0.2, 0.25) is 5.15 Å². The smallest absolute Gasteiger partial charge is 0.147 e. The van der Waals surface area contributed by atoms with E-state index in [2.05, 4.69) is 16.9 Å². The highest BCUT2D eigenvalue weighted by molar-refractivity contribution is 6.29. The lowest BCUT2D eigenvalue weighted by Gasteiger charge is -2.26. The summed E-state index contributed by atoms with van der Waals surface area (Å²) in [5.74, 6) is 0.787. The largest absolute Gasteiger partial charge is 0.372 e. The number of hydrogen-bond donors (Lipinski definition) is 0. The highest BCUT2D eigenvalue weighted by atomic mass is 35.5. The Bertz CT molecular complexity index is 328. The van der Waals surface area contributed by atoms with E-state index in [4.69, 9.17) is 16.3 Å². The van der Waals surface area contributed by atoms with Gasteiger partial charge in [-0.15, -0.1) is 0 Å². The number of ether oxygens (including phenoxy) is 1. The highest BCUT2D eigenvalue weighted by Gasteiger charge is 2.19. The van der Waals surface area contributed by atoms with Gasteiger partial charge in [-0.3, -0.25) is 4.98 Å². The molecule has 0 spiro atoms. The summed E-state index contributed by atoms with van der Waals surface area (Å²) in [5.41, 5.74) is 0.850. The summed E-state index contributed by atoms with van der Waals surface area (Å²) < 4.78 is 5.83. The van der Waals surface area contributed by atoms with E-state index in [0.717, 1.165) is 11.6 Å². The Labute approximate surface area is 101 Å². The predicted octanol–water partition coefficient (Wildman–Crippen LogP) is 3.23. The van der Waals surface area contributed by atoms with Crippen molar-refractivity contribution in [3.8, 4) is 0 Å². The normalized spacial score (nSPS) is 25.6. The molecule has 1 fully saturated rings. The maximum atomic E-state index is 5.83. The van der Waals surface area contributed by atoms with Crippen molar-refractivity contribution in [3.05, 3.63) is 23.2 Å². The molecular formula is C12H17ClN2O. The summed E-state index contributed by atoms with van der Waals surface area (Å²) in [4.78, 5) is 8.14. The van der Waals surface area contributed by atoms with Gasteiger partial charge in [-0.1, -0.05) is 31.4 Å². The molecule has 0 aromatic carbocycles. The lowest BCUT2D eigenvalue weighted by molar-refractivity contribution is 0.00309. The first-order valence-corrected chi connectivity index (χ1v) is 6.20. The van der Waals surface area contributed by atoms with E-state index >= 15 is 0 Å². The van der Waals surface area contributed by atoms with Gasteiger partial charge in [0.1, 0.15) is 5.15 Å². The van der Waals surface area contributed by atoms with E-state index in [1.807, 2.05) is 0 Å². The molecule has 88 valence electrons. The van der Waals surface area contributed by atoms with Crippen LogP contribution in [0.3, 0.4) is 0 Å². The van der Waals surface area contributed by atoms with E-state index in [1.165, 1.54) is 25.7 Å². The first kappa shape index (κ1) is 11.8. The lowest BCUT2D eigenvalue weighted by atomic mass is 9.89. The number of rotatable bonds is 3. The van der Waals surface area contributed by atoms with Gasteiger partial charge in [0.15, 0.2) is 0 Å². The van der Waals surface area contributed by atoms with Gasteiger partial charge in [0, 0.05) is 0 Å². The zero-order valence-corrected chi connectivity index (χ0v) is 10.3. The van der Waals surface area contributed by atoms with Crippen LogP contribution in [0.15, 0.2) is 12.4 Å². The first-order valence-electron chi connectivity index (χ1n) is 5.82. The fourth-order valence-electron chi connectivity index (χ4n) is 2.15. The number of hydrogen-bond acceptors (Lipinski definition) is 3. The van der Waals surface area contributed by atoms with Gasteiger partial charge in [0.25, 0.3) is 0 Å². The van der Waals surface area contributed by atoms with Crippen LogP contribution < -0.4 is 0 Å². The zero-order valence-electron chi connectivity index (χ0n) is 9.53. The van der Waals surface area contributed by atoms with E-state index in [0.29, 0.717) is 17.9 Å². The second-order valence-electron chi connectivity index (χ2n) is 4.54. The minimum atomic E-state index is 0.390. The second kappa shape index (κ2) is 5.60. The van der Waals surface area contributed by atoms with Crippen molar-refractivity contribution in [1.29, 1.82) is 0 Å². The van der Waals surface area contributed by atoms with Crippen molar-refractivity contribution in [1.82, 2.24) is 9.97 Å². The molecule has 0 bridgehead atoms. The molecular weight excluding hydrogens is 224 g/mol. The molecule has 0 amide bonds. The Hall–Kier alpha value is -0.670. The molecule has 2 rings (SSSR count). The number of halogens is 1. The lowest BCUT2D eigenvalue weighted by Crippen LogP contribution is -2.21. The van der Waals surface area contributed by atoms with E-state index < -0.39 is 0 Å². The molecule has 16 heavy (non-hydrogen) atoms. The monoisotopic (exact) mass is 240 g/mol. The quantitative estimate of drug-likeness (QED) is 0.814. The average molecular weight is 241 g/mol. The van der Waals surface area contributed by atoms with Gasteiger partial charge in [0.2, 0.25) is 0 Å². The number of aromatic nitrogens is 2. The summed E-state index contributed by atoms with van der Waals surface area (Å²) in [6.07, 6.45) is 8.57. The first-order chi connectivity index (χ1) is 7.74. The van der Waals surface area contributed by atoms with Crippen molar-refractivity contribution in [3.63, 3.8) is 0 Å². The molecule has 0 radical (unpaired) electrons. The molecule has 0 saturated heterocycles. The molecule has 0 N–H and O–H groups in total. The van der Waals surface area contributed by atoms with Gasteiger partial charge in [-0.2, -0.15) is 0 Å². The van der Waals surface area contributed by atoms with E-state index in [-0.39, 0.29) is 0 Å². The maximum absolute atomic E-state index is 5.83. The van der Waals surface area contributed by atoms with Crippen LogP contribution in [0.1, 0.15) is 38.3 Å². The Morgan fingerprint density at radius 1 is 1.38 bits per heavy atom. The van der Waals surface area contributed by atoms with Crippen LogP contribution >= 0.6 is 11.6 Å². The molecule has 1 aromatic heterocycles. The van der Waals surface area contributed by atoms with Crippen LogP contribution in [0.25, 0.3) is 0 Å². The molecule has 3 nitrogen and oxygen atoms in total. The van der Waals surface area contributed by atoms with Crippen LogP contribution in [0, 0.1) is 5.92 Å². The minimum absolute atomic E-state index is 0.390. The third kappa shape index (κ3) is 3.42. The molecule has 2 unspecified atom stereocenters. The van der Waals surface area contributed by atoms with Crippen molar-refractivity contribution in [2.24, 2.45) is 5.92 Å². The topological polar surface area (TPSA) is 35.0 Å². The second-order valence-corrected chi connectivity index (χ2v) is 4.92. The van der Waals surface area contributed by atoms with E-state index in [9.17, 15) is 0 Å². The van der Waals surface area contributed by atoms with E-state index in [1.54, 1.807) is 12.4 Å². The third-order valence-corrected chi connectivity index (χ3v) is 3.22.